The average Bonchev–Trinajstić information content (AvgIpc) is 2.89. The van der Waals surface area contributed by atoms with Crippen molar-refractivity contribution in [2.24, 2.45) is 0 Å². The summed E-state index contributed by atoms with van der Waals surface area (Å²) in [6, 6.07) is 26.3. The Morgan fingerprint density at radius 3 is 2.18 bits per heavy atom. The molecule has 9 heteroatoms. The Balaban J connectivity index is 1.63. The predicted octanol–water partition coefficient (Wildman–Crippen LogP) is 6.36. The topological polar surface area (TPSA) is 83.6 Å². The summed E-state index contributed by atoms with van der Waals surface area (Å²) in [4.78, 5) is 26.4. The van der Waals surface area contributed by atoms with Crippen LogP contribution < -0.4 is 5.32 Å². The van der Waals surface area contributed by atoms with Crippen LogP contribution in [0, 0.1) is 6.92 Å². The van der Waals surface area contributed by atoms with Crippen LogP contribution in [0.25, 0.3) is 0 Å². The molecule has 38 heavy (non-hydrogen) atoms. The Morgan fingerprint density at radius 2 is 1.50 bits per heavy atom. The van der Waals surface area contributed by atoms with Gasteiger partial charge in [0.2, 0.25) is 15.9 Å². The fourth-order valence-electron chi connectivity index (χ4n) is 3.83. The van der Waals surface area contributed by atoms with E-state index in [1.54, 1.807) is 72.8 Å². The summed E-state index contributed by atoms with van der Waals surface area (Å²) in [6.45, 7) is 1.28. The van der Waals surface area contributed by atoms with Crippen LogP contribution in [0.3, 0.4) is 0 Å². The van der Waals surface area contributed by atoms with Gasteiger partial charge in [-0.3, -0.25) is 9.59 Å². The standard InChI is InChI=1S/C29H24Cl2N2O4S/c1-20-10-13-25(14-11-20)38(36,37)33(18-21-6-5-9-23(30)16-21)19-28(34)32-27-15-12-24(31)17-26(27)29(35)22-7-3-2-4-8-22/h2-17H,18-19H2,1H3,(H,32,34). The number of hydrogen-bond acceptors (Lipinski definition) is 4. The molecule has 0 spiro atoms. The van der Waals surface area contributed by atoms with Crippen molar-refractivity contribution in [1.29, 1.82) is 0 Å². The van der Waals surface area contributed by atoms with E-state index < -0.39 is 22.5 Å². The Kier molecular flexibility index (Phi) is 8.64. The summed E-state index contributed by atoms with van der Waals surface area (Å²) in [7, 11) is -4.05. The van der Waals surface area contributed by atoms with E-state index >= 15 is 0 Å². The van der Waals surface area contributed by atoms with Gasteiger partial charge in [-0.05, 0) is 55.0 Å². The van der Waals surface area contributed by atoms with Gasteiger partial charge < -0.3 is 5.32 Å². The Morgan fingerprint density at radius 1 is 0.816 bits per heavy atom. The lowest BCUT2D eigenvalue weighted by atomic mass is 10.0. The molecule has 0 saturated heterocycles. The van der Waals surface area contributed by atoms with E-state index in [2.05, 4.69) is 5.32 Å². The van der Waals surface area contributed by atoms with Gasteiger partial charge in [0.15, 0.2) is 5.78 Å². The van der Waals surface area contributed by atoms with E-state index in [-0.39, 0.29) is 28.5 Å². The molecule has 0 aliphatic carbocycles. The Bertz CT molecular complexity index is 1570. The number of nitrogens with zero attached hydrogens (tertiary/aromatic N) is 1. The number of carbonyl (C=O) groups excluding carboxylic acids is 2. The summed E-state index contributed by atoms with van der Waals surface area (Å²) in [5, 5.41) is 3.47. The highest BCUT2D eigenvalue weighted by Crippen LogP contribution is 2.25. The number of benzene rings is 4. The maximum absolute atomic E-state index is 13.6. The molecule has 0 bridgehead atoms. The molecule has 0 aromatic heterocycles. The molecule has 1 amide bonds. The van der Waals surface area contributed by atoms with Crippen molar-refractivity contribution >= 4 is 50.6 Å². The molecule has 4 aromatic carbocycles. The zero-order chi connectivity index (χ0) is 27.3. The lowest BCUT2D eigenvalue weighted by Gasteiger charge is -2.22. The minimum Gasteiger partial charge on any atom is -0.324 e. The number of carbonyl (C=O) groups is 2. The van der Waals surface area contributed by atoms with Crippen LogP contribution in [-0.2, 0) is 21.4 Å². The van der Waals surface area contributed by atoms with Crippen LogP contribution in [0.5, 0.6) is 0 Å². The van der Waals surface area contributed by atoms with E-state index in [1.807, 2.05) is 6.92 Å². The van der Waals surface area contributed by atoms with E-state index in [0.29, 0.717) is 21.2 Å². The van der Waals surface area contributed by atoms with Gasteiger partial charge in [0, 0.05) is 27.7 Å². The third-order valence-corrected chi connectivity index (χ3v) is 8.04. The number of hydrogen-bond donors (Lipinski definition) is 1. The fraction of sp³-hybridized carbons (Fsp3) is 0.103. The average molecular weight is 567 g/mol. The second kappa shape index (κ2) is 11.9. The molecule has 0 saturated carbocycles. The first-order chi connectivity index (χ1) is 18.1. The van der Waals surface area contributed by atoms with Gasteiger partial charge in [0.1, 0.15) is 0 Å². The largest absolute Gasteiger partial charge is 0.324 e. The van der Waals surface area contributed by atoms with Gasteiger partial charge in [-0.2, -0.15) is 4.31 Å². The van der Waals surface area contributed by atoms with Crippen molar-refractivity contribution in [3.05, 3.63) is 129 Å². The van der Waals surface area contributed by atoms with Gasteiger partial charge in [0.25, 0.3) is 0 Å². The molecule has 1 N–H and O–H groups in total. The van der Waals surface area contributed by atoms with Gasteiger partial charge in [0.05, 0.1) is 17.1 Å². The molecule has 4 rings (SSSR count). The number of anilines is 1. The van der Waals surface area contributed by atoms with E-state index in [1.165, 1.54) is 24.3 Å². The van der Waals surface area contributed by atoms with Crippen molar-refractivity contribution in [2.75, 3.05) is 11.9 Å². The second-order valence-corrected chi connectivity index (χ2v) is 11.5. The molecule has 0 aliphatic rings. The minimum atomic E-state index is -4.05. The zero-order valence-electron chi connectivity index (χ0n) is 20.4. The van der Waals surface area contributed by atoms with Crippen molar-refractivity contribution in [3.8, 4) is 0 Å². The first-order valence-electron chi connectivity index (χ1n) is 11.6. The second-order valence-electron chi connectivity index (χ2n) is 8.65. The third-order valence-electron chi connectivity index (χ3n) is 5.76. The van der Waals surface area contributed by atoms with Crippen molar-refractivity contribution in [2.45, 2.75) is 18.4 Å². The van der Waals surface area contributed by atoms with Gasteiger partial charge in [-0.15, -0.1) is 0 Å². The van der Waals surface area contributed by atoms with Crippen LogP contribution in [0.15, 0.2) is 102 Å². The van der Waals surface area contributed by atoms with E-state index in [0.717, 1.165) is 9.87 Å². The van der Waals surface area contributed by atoms with Crippen LogP contribution in [-0.4, -0.2) is 31.0 Å². The highest BCUT2D eigenvalue weighted by atomic mass is 35.5. The summed E-state index contributed by atoms with van der Waals surface area (Å²) >= 11 is 12.3. The monoisotopic (exact) mass is 566 g/mol. The van der Waals surface area contributed by atoms with Crippen LogP contribution >= 0.6 is 23.2 Å². The van der Waals surface area contributed by atoms with Crippen LogP contribution in [0.2, 0.25) is 10.0 Å². The highest BCUT2D eigenvalue weighted by molar-refractivity contribution is 7.89. The lowest BCUT2D eigenvalue weighted by molar-refractivity contribution is -0.116. The number of halogens is 2. The zero-order valence-corrected chi connectivity index (χ0v) is 22.7. The van der Waals surface area contributed by atoms with Crippen molar-refractivity contribution in [1.82, 2.24) is 4.31 Å². The Labute approximate surface area is 231 Å². The minimum absolute atomic E-state index is 0.0596. The first kappa shape index (κ1) is 27.5. The van der Waals surface area contributed by atoms with E-state index in [4.69, 9.17) is 23.2 Å². The van der Waals surface area contributed by atoms with Gasteiger partial charge in [-0.25, -0.2) is 8.42 Å². The number of ketones is 1. The van der Waals surface area contributed by atoms with Gasteiger partial charge in [-0.1, -0.05) is 83.4 Å². The van der Waals surface area contributed by atoms with Gasteiger partial charge >= 0.3 is 0 Å². The first-order valence-corrected chi connectivity index (χ1v) is 13.8. The summed E-state index contributed by atoms with van der Waals surface area (Å²) in [5.74, 6) is -0.946. The molecule has 6 nitrogen and oxygen atoms in total. The molecule has 194 valence electrons. The maximum atomic E-state index is 13.6. The lowest BCUT2D eigenvalue weighted by Crippen LogP contribution is -2.37. The molecule has 0 unspecified atom stereocenters. The molecular weight excluding hydrogens is 543 g/mol. The number of amides is 1. The molecular formula is C29H24Cl2N2O4S. The van der Waals surface area contributed by atoms with Crippen LogP contribution in [0.1, 0.15) is 27.0 Å². The molecule has 0 aliphatic heterocycles. The number of rotatable bonds is 9. The third kappa shape index (κ3) is 6.68. The summed E-state index contributed by atoms with van der Waals surface area (Å²) in [6.07, 6.45) is 0. The normalized spacial score (nSPS) is 11.4. The molecule has 0 radical (unpaired) electrons. The Hall–Kier alpha value is -3.49. The molecule has 0 atom stereocenters. The molecule has 4 aromatic rings. The summed E-state index contributed by atoms with van der Waals surface area (Å²) < 4.78 is 28.2. The van der Waals surface area contributed by atoms with E-state index in [9.17, 15) is 18.0 Å². The van der Waals surface area contributed by atoms with Crippen molar-refractivity contribution in [3.63, 3.8) is 0 Å². The molecule has 0 heterocycles. The smallest absolute Gasteiger partial charge is 0.243 e. The van der Waals surface area contributed by atoms with Crippen LogP contribution in [0.4, 0.5) is 5.69 Å². The quantitative estimate of drug-likeness (QED) is 0.239. The SMILES string of the molecule is Cc1ccc(S(=O)(=O)N(CC(=O)Nc2ccc(Cl)cc2C(=O)c2ccccc2)Cc2cccc(Cl)c2)cc1. The van der Waals surface area contributed by atoms with Crippen molar-refractivity contribution < 1.29 is 18.0 Å². The number of sulfonamides is 1. The summed E-state index contributed by atoms with van der Waals surface area (Å²) in [5.41, 5.74) is 2.37. The fourth-order valence-corrected chi connectivity index (χ4v) is 5.60. The number of aryl methyl sites for hydroxylation is 1. The number of nitrogens with one attached hydrogen (secondary N) is 1. The predicted molar refractivity (Wildman–Crippen MR) is 150 cm³/mol. The molecule has 0 fully saturated rings. The highest BCUT2D eigenvalue weighted by Gasteiger charge is 2.28. The maximum Gasteiger partial charge on any atom is 0.243 e.